The highest BCUT2D eigenvalue weighted by Gasteiger charge is 2.33. The second kappa shape index (κ2) is 5.81. The average molecular weight is 279 g/mol. The van der Waals surface area contributed by atoms with Gasteiger partial charge in [0.2, 0.25) is 11.7 Å². The Bertz CT molecular complexity index is 512. The maximum atomic E-state index is 5.53. The van der Waals surface area contributed by atoms with Crippen molar-refractivity contribution in [3.8, 4) is 10.7 Å². The van der Waals surface area contributed by atoms with Crippen LogP contribution in [0.4, 0.5) is 0 Å². The van der Waals surface area contributed by atoms with Crippen LogP contribution in [0.2, 0.25) is 0 Å². The summed E-state index contributed by atoms with van der Waals surface area (Å²) < 4.78 is 10.9. The number of nitrogens with zero attached hydrogens (tertiary/aromatic N) is 2. The van der Waals surface area contributed by atoms with E-state index in [0.717, 1.165) is 17.8 Å². The van der Waals surface area contributed by atoms with Gasteiger partial charge in [0.1, 0.15) is 0 Å². The number of nitrogens with one attached hydrogen (secondary N) is 1. The third kappa shape index (κ3) is 2.70. The van der Waals surface area contributed by atoms with Crippen molar-refractivity contribution in [2.75, 3.05) is 19.8 Å². The summed E-state index contributed by atoms with van der Waals surface area (Å²) in [7, 11) is 0. The molecule has 1 aliphatic rings. The van der Waals surface area contributed by atoms with E-state index in [-0.39, 0.29) is 12.0 Å². The molecule has 3 heterocycles. The van der Waals surface area contributed by atoms with Crippen LogP contribution in [-0.2, 0) is 4.74 Å². The highest BCUT2D eigenvalue weighted by atomic mass is 32.1. The third-order valence-corrected chi connectivity index (χ3v) is 4.10. The van der Waals surface area contributed by atoms with Gasteiger partial charge in [0, 0.05) is 6.04 Å². The molecule has 1 saturated heterocycles. The van der Waals surface area contributed by atoms with Gasteiger partial charge in [-0.25, -0.2) is 0 Å². The molecule has 1 aliphatic heterocycles. The Kier molecular flexibility index (Phi) is 3.91. The molecule has 0 aromatic carbocycles. The Balaban J connectivity index is 1.75. The van der Waals surface area contributed by atoms with Crippen molar-refractivity contribution in [1.82, 2.24) is 15.5 Å². The zero-order valence-electron chi connectivity index (χ0n) is 10.8. The molecule has 6 heteroatoms. The molecule has 1 N–H and O–H groups in total. The van der Waals surface area contributed by atoms with Gasteiger partial charge in [0.25, 0.3) is 0 Å². The van der Waals surface area contributed by atoms with Gasteiger partial charge in [-0.1, -0.05) is 18.1 Å². The lowest BCUT2D eigenvalue weighted by molar-refractivity contribution is 0.184. The number of rotatable bonds is 5. The molecule has 2 atom stereocenters. The molecular weight excluding hydrogens is 262 g/mol. The molecule has 2 aromatic heterocycles. The minimum Gasteiger partial charge on any atom is -0.379 e. The van der Waals surface area contributed by atoms with Crippen LogP contribution in [0.15, 0.2) is 22.0 Å². The molecule has 2 aromatic rings. The van der Waals surface area contributed by atoms with Crippen LogP contribution in [0.5, 0.6) is 0 Å². The van der Waals surface area contributed by atoms with E-state index in [1.54, 1.807) is 11.3 Å². The molecule has 0 saturated carbocycles. The first-order valence-corrected chi connectivity index (χ1v) is 7.45. The Hall–Kier alpha value is -1.24. The van der Waals surface area contributed by atoms with Gasteiger partial charge in [-0.05, 0) is 24.4 Å². The standard InChI is InChI=1S/C13H17N3O2S/c1-2-5-14-10-8-17-7-9(10)13-15-12(16-18-13)11-4-3-6-19-11/h3-4,6,9-10,14H,2,5,7-8H2,1H3. The molecule has 0 amide bonds. The molecule has 0 aliphatic carbocycles. The summed E-state index contributed by atoms with van der Waals surface area (Å²) in [5.74, 6) is 1.51. The molecule has 1 fully saturated rings. The summed E-state index contributed by atoms with van der Waals surface area (Å²) in [4.78, 5) is 5.54. The first-order chi connectivity index (χ1) is 9.38. The Morgan fingerprint density at radius 1 is 1.47 bits per heavy atom. The van der Waals surface area contributed by atoms with Crippen molar-refractivity contribution in [2.45, 2.75) is 25.3 Å². The van der Waals surface area contributed by atoms with Crippen molar-refractivity contribution in [1.29, 1.82) is 0 Å². The van der Waals surface area contributed by atoms with E-state index in [9.17, 15) is 0 Å². The second-order valence-corrected chi connectivity index (χ2v) is 5.59. The number of thiophene rings is 1. The summed E-state index contributed by atoms with van der Waals surface area (Å²) in [6, 6.07) is 4.26. The Morgan fingerprint density at radius 3 is 3.21 bits per heavy atom. The van der Waals surface area contributed by atoms with Gasteiger partial charge < -0.3 is 14.6 Å². The fourth-order valence-electron chi connectivity index (χ4n) is 2.22. The Labute approximate surface area is 116 Å². The zero-order chi connectivity index (χ0) is 13.1. The lowest BCUT2D eigenvalue weighted by Gasteiger charge is -2.14. The molecule has 3 rings (SSSR count). The first kappa shape index (κ1) is 12.8. The van der Waals surface area contributed by atoms with Gasteiger partial charge in [-0.2, -0.15) is 4.98 Å². The van der Waals surface area contributed by atoms with Gasteiger partial charge in [0.15, 0.2) is 0 Å². The lowest BCUT2D eigenvalue weighted by Crippen LogP contribution is -2.34. The van der Waals surface area contributed by atoms with E-state index in [1.807, 2.05) is 17.5 Å². The summed E-state index contributed by atoms with van der Waals surface area (Å²) >= 11 is 1.61. The Morgan fingerprint density at radius 2 is 2.42 bits per heavy atom. The summed E-state index contributed by atoms with van der Waals surface area (Å²) in [6.45, 7) is 4.49. The average Bonchev–Trinajstić information content (AvgIpc) is 3.14. The SMILES string of the molecule is CCCNC1COCC1c1nc(-c2cccs2)no1. The van der Waals surface area contributed by atoms with E-state index in [4.69, 9.17) is 9.26 Å². The molecule has 0 bridgehead atoms. The van der Waals surface area contributed by atoms with Crippen molar-refractivity contribution in [3.63, 3.8) is 0 Å². The van der Waals surface area contributed by atoms with Gasteiger partial charge in [-0.15, -0.1) is 11.3 Å². The third-order valence-electron chi connectivity index (χ3n) is 3.24. The maximum absolute atomic E-state index is 5.53. The van der Waals surface area contributed by atoms with Crippen molar-refractivity contribution in [3.05, 3.63) is 23.4 Å². The lowest BCUT2D eigenvalue weighted by atomic mass is 10.0. The first-order valence-electron chi connectivity index (χ1n) is 6.57. The summed E-state index contributed by atoms with van der Waals surface area (Å²) in [5, 5.41) is 9.54. The largest absolute Gasteiger partial charge is 0.379 e. The second-order valence-electron chi connectivity index (χ2n) is 4.64. The minimum absolute atomic E-state index is 0.160. The van der Waals surface area contributed by atoms with Gasteiger partial charge in [-0.3, -0.25) is 0 Å². The predicted molar refractivity (Wildman–Crippen MR) is 73.3 cm³/mol. The van der Waals surface area contributed by atoms with E-state index in [2.05, 4.69) is 22.4 Å². The van der Waals surface area contributed by atoms with Crippen LogP contribution in [0, 0.1) is 0 Å². The van der Waals surface area contributed by atoms with Crippen molar-refractivity contribution < 1.29 is 9.26 Å². The van der Waals surface area contributed by atoms with Crippen LogP contribution in [0.1, 0.15) is 25.2 Å². The van der Waals surface area contributed by atoms with Crippen molar-refractivity contribution >= 4 is 11.3 Å². The van der Waals surface area contributed by atoms with E-state index < -0.39 is 0 Å². The molecule has 5 nitrogen and oxygen atoms in total. The van der Waals surface area contributed by atoms with Crippen molar-refractivity contribution in [2.24, 2.45) is 0 Å². The van der Waals surface area contributed by atoms with Crippen LogP contribution in [0.25, 0.3) is 10.7 Å². The normalized spacial score (nSPS) is 23.0. The molecule has 102 valence electrons. The predicted octanol–water partition coefficient (Wildman–Crippen LogP) is 2.28. The smallest absolute Gasteiger partial charge is 0.234 e. The summed E-state index contributed by atoms with van der Waals surface area (Å²) in [5.41, 5.74) is 0. The molecule has 0 radical (unpaired) electrons. The fraction of sp³-hybridized carbons (Fsp3) is 0.538. The highest BCUT2D eigenvalue weighted by Crippen LogP contribution is 2.28. The quantitative estimate of drug-likeness (QED) is 0.910. The molecule has 2 unspecified atom stereocenters. The van der Waals surface area contributed by atoms with Crippen LogP contribution in [0.3, 0.4) is 0 Å². The van der Waals surface area contributed by atoms with Crippen LogP contribution in [-0.4, -0.2) is 35.9 Å². The number of hydrogen-bond donors (Lipinski definition) is 1. The van der Waals surface area contributed by atoms with E-state index >= 15 is 0 Å². The number of aromatic nitrogens is 2. The number of hydrogen-bond acceptors (Lipinski definition) is 6. The number of ether oxygens (including phenoxy) is 1. The van der Waals surface area contributed by atoms with Crippen LogP contribution >= 0.6 is 11.3 Å². The zero-order valence-corrected chi connectivity index (χ0v) is 11.7. The van der Waals surface area contributed by atoms with E-state index in [0.29, 0.717) is 24.9 Å². The van der Waals surface area contributed by atoms with Gasteiger partial charge in [0.05, 0.1) is 24.0 Å². The monoisotopic (exact) mass is 279 g/mol. The topological polar surface area (TPSA) is 60.2 Å². The van der Waals surface area contributed by atoms with Crippen LogP contribution < -0.4 is 5.32 Å². The van der Waals surface area contributed by atoms with Gasteiger partial charge >= 0.3 is 0 Å². The molecule has 0 spiro atoms. The van der Waals surface area contributed by atoms with E-state index in [1.165, 1.54) is 0 Å². The molecule has 19 heavy (non-hydrogen) atoms. The minimum atomic E-state index is 0.160. The highest BCUT2D eigenvalue weighted by molar-refractivity contribution is 7.13. The summed E-state index contributed by atoms with van der Waals surface area (Å²) in [6.07, 6.45) is 1.10. The maximum Gasteiger partial charge on any atom is 0.234 e. The fourth-order valence-corrected chi connectivity index (χ4v) is 2.87. The molecular formula is C13H17N3O2S.